The average Bonchev–Trinajstić information content (AvgIpc) is 2.49. The third kappa shape index (κ3) is 2.97. The lowest BCUT2D eigenvalue weighted by Gasteiger charge is -2.07. The first kappa shape index (κ1) is 13.5. The number of benzene rings is 2. The van der Waals surface area contributed by atoms with Gasteiger partial charge in [-0.05, 0) is 53.6 Å². The zero-order chi connectivity index (χ0) is 13.9. The van der Waals surface area contributed by atoms with Gasteiger partial charge < -0.3 is 0 Å². The van der Waals surface area contributed by atoms with Crippen LogP contribution in [-0.4, -0.2) is 0 Å². The monoisotopic (exact) mass is 305 g/mol. The number of hydrogen-bond acceptors (Lipinski definition) is 1. The molecule has 0 nitrogen and oxygen atoms in total. The molecule has 1 unspecified atom stereocenters. The summed E-state index contributed by atoms with van der Waals surface area (Å²) in [5.74, 6) is -0.446. The molecule has 0 radical (unpaired) electrons. The Balaban J connectivity index is 1.77. The molecule has 0 fully saturated rings. The summed E-state index contributed by atoms with van der Waals surface area (Å²) in [6.45, 7) is 0. The van der Waals surface area contributed by atoms with E-state index >= 15 is 0 Å². The summed E-state index contributed by atoms with van der Waals surface area (Å²) in [5, 5.41) is 4.18. The summed E-state index contributed by atoms with van der Waals surface area (Å²) >= 11 is 0. The quantitative estimate of drug-likeness (QED) is 0.545. The van der Waals surface area contributed by atoms with Crippen LogP contribution < -0.4 is 0 Å². The summed E-state index contributed by atoms with van der Waals surface area (Å²) in [4.78, 5) is 1.10. The number of rotatable bonds is 2. The topological polar surface area (TPSA) is 0 Å². The highest BCUT2D eigenvalue weighted by Crippen LogP contribution is 2.36. The van der Waals surface area contributed by atoms with Crippen LogP contribution in [0.4, 0.5) is 8.78 Å². The van der Waals surface area contributed by atoms with E-state index in [1.54, 1.807) is 22.9 Å². The molecule has 0 amide bonds. The molecular weight excluding hydrogens is 294 g/mol. The van der Waals surface area contributed by atoms with Gasteiger partial charge in [0.1, 0.15) is 37.8 Å². The summed E-state index contributed by atoms with van der Waals surface area (Å²) < 4.78 is 25.8. The summed E-state index contributed by atoms with van der Waals surface area (Å²) in [7, 11) is 1.60. The van der Waals surface area contributed by atoms with Crippen molar-refractivity contribution in [2.75, 3.05) is 0 Å². The molecule has 0 N–H and O–H groups in total. The van der Waals surface area contributed by atoms with Crippen LogP contribution in [-0.2, 0) is 9.93 Å². The smallest absolute Gasteiger partial charge is 0.173 e. The molecule has 1 aliphatic rings. The maximum absolute atomic E-state index is 12.9. The molecule has 0 spiro atoms. The van der Waals surface area contributed by atoms with E-state index in [9.17, 15) is 8.78 Å². The fourth-order valence-corrected chi connectivity index (χ4v) is 4.90. The summed E-state index contributed by atoms with van der Waals surface area (Å²) in [5.41, 5.74) is 2.07. The highest BCUT2D eigenvalue weighted by atomic mass is 33.1. The molecule has 0 aliphatic carbocycles. The highest BCUT2D eigenvalue weighted by Gasteiger charge is 2.23. The molecule has 2 aromatic rings. The zero-order valence-electron chi connectivity index (χ0n) is 10.4. The Kier molecular flexibility index (Phi) is 3.94. The van der Waals surface area contributed by atoms with Gasteiger partial charge in [0.05, 0.1) is 0 Å². The summed E-state index contributed by atoms with van der Waals surface area (Å²) in [6.07, 6.45) is 2.04. The Bertz CT molecular complexity index is 658. The van der Waals surface area contributed by atoms with E-state index in [2.05, 4.69) is 10.8 Å². The third-order valence-electron chi connectivity index (χ3n) is 2.87. The van der Waals surface area contributed by atoms with Gasteiger partial charge in [-0.25, -0.2) is 8.78 Å². The Morgan fingerprint density at radius 3 is 1.95 bits per heavy atom. The van der Waals surface area contributed by atoms with Crippen LogP contribution in [0.15, 0.2) is 70.3 Å². The fourth-order valence-electron chi connectivity index (χ4n) is 1.82. The van der Waals surface area contributed by atoms with E-state index in [0.29, 0.717) is 0 Å². The van der Waals surface area contributed by atoms with Crippen molar-refractivity contribution in [2.24, 2.45) is 0 Å². The van der Waals surface area contributed by atoms with Crippen molar-refractivity contribution >= 4 is 26.3 Å². The molecule has 100 valence electrons. The lowest BCUT2D eigenvalue weighted by molar-refractivity contribution is 0.626. The van der Waals surface area contributed by atoms with Crippen LogP contribution >= 0.6 is 10.8 Å². The van der Waals surface area contributed by atoms with Gasteiger partial charge in [-0.1, -0.05) is 12.1 Å². The lowest BCUT2D eigenvalue weighted by Crippen LogP contribution is -1.96. The van der Waals surface area contributed by atoms with Gasteiger partial charge in [0, 0.05) is 5.41 Å². The molecule has 1 heterocycles. The first-order valence-corrected chi connectivity index (χ1v) is 8.71. The second kappa shape index (κ2) is 5.85. The zero-order valence-corrected chi connectivity index (χ0v) is 12.1. The first-order chi connectivity index (χ1) is 9.72. The van der Waals surface area contributed by atoms with Gasteiger partial charge in [-0.15, -0.1) is 0 Å². The van der Waals surface area contributed by atoms with Gasteiger partial charge in [0.15, 0.2) is 4.90 Å². The molecule has 3 rings (SSSR count). The van der Waals surface area contributed by atoms with Gasteiger partial charge in [0.25, 0.3) is 0 Å². The van der Waals surface area contributed by atoms with Crippen molar-refractivity contribution in [1.82, 2.24) is 0 Å². The largest absolute Gasteiger partial charge is 0.207 e. The van der Waals surface area contributed by atoms with Crippen molar-refractivity contribution in [3.05, 3.63) is 82.6 Å². The van der Waals surface area contributed by atoms with E-state index in [0.717, 1.165) is 16.0 Å². The molecule has 1 aliphatic heterocycles. The minimum absolute atomic E-state index is 0.0962. The molecule has 1 atom stereocenters. The van der Waals surface area contributed by atoms with Crippen molar-refractivity contribution < 1.29 is 8.78 Å². The van der Waals surface area contributed by atoms with Crippen LogP contribution in [0.25, 0.3) is 5.57 Å². The maximum atomic E-state index is 12.9. The first-order valence-electron chi connectivity index (χ1n) is 6.02. The number of halogens is 2. The van der Waals surface area contributed by atoms with E-state index in [-0.39, 0.29) is 21.6 Å². The predicted octanol–water partition coefficient (Wildman–Crippen LogP) is 5.16. The van der Waals surface area contributed by atoms with Crippen molar-refractivity contribution in [3.8, 4) is 0 Å². The second-order valence-corrected chi connectivity index (χ2v) is 7.65. The van der Waals surface area contributed by atoms with E-state index in [1.165, 1.54) is 24.3 Å². The normalized spacial score (nSPS) is 17.9. The molecule has 0 aromatic heterocycles. The Morgan fingerprint density at radius 1 is 0.800 bits per heavy atom. The number of hydrogen-bond donors (Lipinski definition) is 0. The fraction of sp³-hybridized carbons (Fsp3) is 0. The Morgan fingerprint density at radius 2 is 1.40 bits per heavy atom. The Hall–Kier alpha value is -1.52. The van der Waals surface area contributed by atoms with E-state index in [1.807, 2.05) is 18.2 Å². The van der Waals surface area contributed by atoms with Gasteiger partial charge >= 0.3 is 0 Å². The average molecular weight is 305 g/mol. The molecule has 0 saturated heterocycles. The predicted molar refractivity (Wildman–Crippen MR) is 83.1 cm³/mol. The summed E-state index contributed by atoms with van der Waals surface area (Å²) in [6, 6.07) is 13.1. The van der Waals surface area contributed by atoms with Gasteiger partial charge in [-0.3, -0.25) is 0 Å². The second-order valence-electron chi connectivity index (χ2n) is 4.23. The number of allylic oxidation sites excluding steroid dienone is 2. The van der Waals surface area contributed by atoms with Crippen LogP contribution in [0.2, 0.25) is 0 Å². The maximum Gasteiger partial charge on any atom is 0.173 e. The van der Waals surface area contributed by atoms with Crippen LogP contribution in [0, 0.1) is 11.6 Å². The highest BCUT2D eigenvalue weighted by molar-refractivity contribution is 8.76. The van der Waals surface area contributed by atoms with E-state index < -0.39 is 0 Å². The van der Waals surface area contributed by atoms with Crippen LogP contribution in [0.1, 0.15) is 5.56 Å². The molecule has 0 saturated carbocycles. The minimum Gasteiger partial charge on any atom is -0.207 e. The lowest BCUT2D eigenvalue weighted by atomic mass is 10.1. The molecule has 20 heavy (non-hydrogen) atoms. The Labute approximate surface area is 123 Å². The third-order valence-corrected chi connectivity index (χ3v) is 6.37. The van der Waals surface area contributed by atoms with Crippen molar-refractivity contribution in [3.63, 3.8) is 0 Å². The van der Waals surface area contributed by atoms with Crippen LogP contribution in [0.5, 0.6) is 0 Å². The standard InChI is InChI=1S/C16H11F2S2/c17-14-3-1-12(2-4-14)13-9-10-20(19-11-13)16-7-5-15(18)6-8-16/h1-11H/q+1. The van der Waals surface area contributed by atoms with Gasteiger partial charge in [-0.2, -0.15) is 0 Å². The van der Waals surface area contributed by atoms with Crippen molar-refractivity contribution in [2.45, 2.75) is 4.90 Å². The van der Waals surface area contributed by atoms with Gasteiger partial charge in [0.2, 0.25) is 0 Å². The molecular formula is C16H11F2S2+. The SMILES string of the molecule is Fc1ccc(C2=CS[S+](c3ccc(F)cc3)C=C2)cc1. The molecule has 4 heteroatoms. The molecule has 2 aromatic carbocycles. The van der Waals surface area contributed by atoms with Crippen LogP contribution in [0.3, 0.4) is 0 Å². The van der Waals surface area contributed by atoms with Crippen molar-refractivity contribution in [1.29, 1.82) is 0 Å². The van der Waals surface area contributed by atoms with E-state index in [4.69, 9.17) is 0 Å². The minimum atomic E-state index is -0.229. The molecule has 0 bridgehead atoms.